The van der Waals surface area contributed by atoms with Crippen molar-refractivity contribution in [2.75, 3.05) is 54.9 Å². The summed E-state index contributed by atoms with van der Waals surface area (Å²) in [5.41, 5.74) is 4.08. The van der Waals surface area contributed by atoms with Crippen molar-refractivity contribution in [1.82, 2.24) is 35.3 Å². The highest BCUT2D eigenvalue weighted by atomic mass is 16.6. The van der Waals surface area contributed by atoms with Crippen LogP contribution in [0.2, 0.25) is 0 Å². The summed E-state index contributed by atoms with van der Waals surface area (Å²) in [5.74, 6) is -1.03. The lowest BCUT2D eigenvalue weighted by molar-refractivity contribution is -0.136. The van der Waals surface area contributed by atoms with E-state index in [4.69, 9.17) is 14.1 Å². The summed E-state index contributed by atoms with van der Waals surface area (Å²) in [6, 6.07) is 18.7. The summed E-state index contributed by atoms with van der Waals surface area (Å²) in [5, 5.41) is 28.1. The van der Waals surface area contributed by atoms with Crippen LogP contribution in [0, 0.1) is 5.41 Å². The number of aliphatic hydroxyl groups excluding tert-OH is 1. The molecule has 4 N–H and O–H groups in total. The molecule has 0 saturated carbocycles. The van der Waals surface area contributed by atoms with Crippen molar-refractivity contribution in [1.29, 1.82) is 0 Å². The van der Waals surface area contributed by atoms with Gasteiger partial charge >= 0.3 is 5.97 Å². The molecule has 18 nitrogen and oxygen atoms in total. The van der Waals surface area contributed by atoms with Gasteiger partial charge in [0.2, 0.25) is 23.7 Å². The van der Waals surface area contributed by atoms with Crippen LogP contribution in [-0.2, 0) is 26.3 Å². The number of nitrogens with zero attached hydrogens (tertiary/aromatic N) is 7. The summed E-state index contributed by atoms with van der Waals surface area (Å²) in [4.78, 5) is 78.3. The molecule has 5 aliphatic rings. The van der Waals surface area contributed by atoms with Crippen LogP contribution >= 0.6 is 0 Å². The Morgan fingerprint density at radius 3 is 2.45 bits per heavy atom. The van der Waals surface area contributed by atoms with Crippen molar-refractivity contribution >= 4 is 52.7 Å². The largest absolute Gasteiger partial charge is 0.451 e. The molecule has 0 bridgehead atoms. The lowest BCUT2D eigenvalue weighted by Gasteiger charge is -2.40. The molecule has 0 aliphatic carbocycles. The van der Waals surface area contributed by atoms with Gasteiger partial charge in [0, 0.05) is 62.2 Å². The summed E-state index contributed by atoms with van der Waals surface area (Å²) in [7, 11) is 0. The fourth-order valence-electron chi connectivity index (χ4n) is 9.80. The highest BCUT2D eigenvalue weighted by Crippen LogP contribution is 2.43. The second-order valence-electron chi connectivity index (χ2n) is 18.0. The van der Waals surface area contributed by atoms with Crippen molar-refractivity contribution < 1.29 is 38.2 Å². The van der Waals surface area contributed by atoms with E-state index in [1.807, 2.05) is 56.3 Å². The van der Waals surface area contributed by atoms with Crippen molar-refractivity contribution in [2.24, 2.45) is 5.41 Å². The van der Waals surface area contributed by atoms with Crippen LogP contribution in [0.1, 0.15) is 100 Å². The molecule has 334 valence electrons. The number of amides is 4. The quantitative estimate of drug-likeness (QED) is 0.0979. The molecule has 1 spiro atoms. The summed E-state index contributed by atoms with van der Waals surface area (Å²) < 4.78 is 11.8. The number of aliphatic hydroxyl groups is 1. The Morgan fingerprint density at radius 2 is 1.66 bits per heavy atom. The molecule has 3 fully saturated rings. The zero-order chi connectivity index (χ0) is 45.0. The number of carbonyl (C=O) groups is 5. The molecule has 5 aromatic rings. The van der Waals surface area contributed by atoms with Gasteiger partial charge in [0.15, 0.2) is 0 Å². The van der Waals surface area contributed by atoms with Gasteiger partial charge in [-0.25, -0.2) is 9.78 Å². The molecule has 18 heteroatoms. The molecule has 3 aromatic carbocycles. The summed E-state index contributed by atoms with van der Waals surface area (Å²) in [6.45, 7) is 7.68. The van der Waals surface area contributed by atoms with Crippen LogP contribution < -0.4 is 20.9 Å². The van der Waals surface area contributed by atoms with Crippen molar-refractivity contribution in [3.05, 3.63) is 107 Å². The average Bonchev–Trinajstić information content (AvgIpc) is 4.05. The van der Waals surface area contributed by atoms with Gasteiger partial charge < -0.3 is 34.7 Å². The first kappa shape index (κ1) is 41.9. The third-order valence-corrected chi connectivity index (χ3v) is 13.4. The number of hydrogen-bond acceptors (Lipinski definition) is 16. The molecule has 4 amide bonds. The third-order valence-electron chi connectivity index (χ3n) is 13.4. The smallest absolute Gasteiger partial charge is 0.339 e. The van der Waals surface area contributed by atoms with Gasteiger partial charge in [-0.05, 0) is 93.5 Å². The van der Waals surface area contributed by atoms with Gasteiger partial charge in [-0.15, -0.1) is 10.2 Å². The maximum absolute atomic E-state index is 13.4. The number of likely N-dealkylation sites (tertiary alicyclic amines) is 1. The Kier molecular flexibility index (Phi) is 10.6. The van der Waals surface area contributed by atoms with Crippen LogP contribution in [0.5, 0.6) is 0 Å². The average molecular weight is 881 g/mol. The van der Waals surface area contributed by atoms with Gasteiger partial charge in [-0.3, -0.25) is 29.4 Å². The maximum atomic E-state index is 13.4. The van der Waals surface area contributed by atoms with Crippen LogP contribution in [0.15, 0.2) is 77.3 Å². The van der Waals surface area contributed by atoms with E-state index in [0.717, 1.165) is 73.7 Å². The SMILES string of the molecule is CC1(C)OC(=O)c2ccc(Nc3ncc(-c4nnc(CCN5CCC6(CCN(c7ccc8c(c7)C(=O)N(C7CCC(=O)NC7=O)C8=O)CC6)C5)o4)c(N[C@H](CO)c4ccccc4)n3)cc21. The number of ether oxygens (including phenoxy) is 1. The second-order valence-corrected chi connectivity index (χ2v) is 18.0. The van der Waals surface area contributed by atoms with E-state index in [0.29, 0.717) is 34.9 Å². The Labute approximate surface area is 373 Å². The number of cyclic esters (lactones) is 1. The molecule has 2 atom stereocenters. The Morgan fingerprint density at radius 1 is 0.892 bits per heavy atom. The zero-order valence-electron chi connectivity index (χ0n) is 36.0. The molecule has 7 heterocycles. The minimum Gasteiger partial charge on any atom is -0.451 e. The Hall–Kier alpha value is -7.05. The molecular weight excluding hydrogens is 833 g/mol. The lowest BCUT2D eigenvalue weighted by Crippen LogP contribution is -2.54. The van der Waals surface area contributed by atoms with Gasteiger partial charge in [0.25, 0.3) is 17.7 Å². The number of imide groups is 2. The second kappa shape index (κ2) is 16.5. The third kappa shape index (κ3) is 7.96. The van der Waals surface area contributed by atoms with Gasteiger partial charge in [-0.1, -0.05) is 30.3 Å². The van der Waals surface area contributed by atoms with Gasteiger partial charge in [0.1, 0.15) is 17.5 Å². The first-order valence-electron chi connectivity index (χ1n) is 22.0. The standard InChI is InChI=1S/C47H48N10O8/c1-46(2)34-22-28(8-10-31(34)44(63)65-46)49-45-48-24-33(39(52-45)50-35(25-58)27-6-4-3-5-7-27)41-54-53-38(64-41)14-18-55-19-15-47(26-55)16-20-56(21-17-47)29-9-11-30-32(23-29)43(62)57(42(30)61)36-12-13-37(59)51-40(36)60/h3-11,22-24,35-36,58H,12-21,25-26H2,1-2H3,(H,51,59,60)(H2,48,49,50,52)/t35-,36?/m1/s1. The van der Waals surface area contributed by atoms with Crippen LogP contribution in [-0.4, -0.2) is 110 Å². The van der Waals surface area contributed by atoms with Crippen LogP contribution in [0.25, 0.3) is 11.5 Å². The molecule has 65 heavy (non-hydrogen) atoms. The molecule has 2 aromatic heterocycles. The normalized spacial score (nSPS) is 20.5. The van der Waals surface area contributed by atoms with Crippen molar-refractivity contribution in [3.8, 4) is 11.5 Å². The molecular formula is C47H48N10O8. The molecule has 0 radical (unpaired) electrons. The van der Waals surface area contributed by atoms with E-state index in [-0.39, 0.29) is 53.8 Å². The minimum atomic E-state index is -0.996. The van der Waals surface area contributed by atoms with E-state index in [2.05, 4.69) is 40.9 Å². The number of carbonyl (C=O) groups excluding carboxylic acids is 5. The Balaban J connectivity index is 0.784. The zero-order valence-corrected chi connectivity index (χ0v) is 36.0. The van der Waals surface area contributed by atoms with Crippen molar-refractivity contribution in [3.63, 3.8) is 0 Å². The summed E-state index contributed by atoms with van der Waals surface area (Å²) >= 11 is 0. The van der Waals surface area contributed by atoms with Gasteiger partial charge in [-0.2, -0.15) is 4.98 Å². The number of hydrogen-bond donors (Lipinski definition) is 4. The van der Waals surface area contributed by atoms with Crippen LogP contribution in [0.3, 0.4) is 0 Å². The predicted molar refractivity (Wildman–Crippen MR) is 235 cm³/mol. The molecule has 10 rings (SSSR count). The van der Waals surface area contributed by atoms with Crippen LogP contribution in [0.4, 0.5) is 23.1 Å². The number of anilines is 4. The van der Waals surface area contributed by atoms with Crippen molar-refractivity contribution in [2.45, 2.75) is 70.1 Å². The molecule has 5 aliphatic heterocycles. The summed E-state index contributed by atoms with van der Waals surface area (Å²) in [6.07, 6.45) is 5.34. The number of nitrogens with one attached hydrogen (secondary N) is 3. The fourth-order valence-corrected chi connectivity index (χ4v) is 9.80. The number of rotatable bonds is 12. The lowest BCUT2D eigenvalue weighted by atomic mass is 9.77. The minimum absolute atomic E-state index is 0.0754. The predicted octanol–water partition coefficient (Wildman–Crippen LogP) is 4.76. The molecule has 1 unspecified atom stereocenters. The molecule has 3 saturated heterocycles. The highest BCUT2D eigenvalue weighted by Gasteiger charge is 2.46. The van der Waals surface area contributed by atoms with E-state index in [9.17, 15) is 29.1 Å². The van der Waals surface area contributed by atoms with E-state index >= 15 is 0 Å². The number of fused-ring (bicyclic) bond motifs is 2. The fraction of sp³-hybridized carbons (Fsp3) is 0.383. The number of benzene rings is 3. The number of aromatic nitrogens is 4. The van der Waals surface area contributed by atoms with E-state index in [1.165, 1.54) is 0 Å². The van der Waals surface area contributed by atoms with E-state index < -0.39 is 41.3 Å². The Bertz CT molecular complexity index is 2730. The number of esters is 1. The first-order valence-corrected chi connectivity index (χ1v) is 22.0. The number of piperidine rings is 2. The topological polar surface area (TPSA) is 225 Å². The monoisotopic (exact) mass is 880 g/mol. The maximum Gasteiger partial charge on any atom is 0.339 e. The first-order chi connectivity index (χ1) is 31.4. The van der Waals surface area contributed by atoms with Gasteiger partial charge in [0.05, 0.1) is 34.9 Å². The van der Waals surface area contributed by atoms with E-state index in [1.54, 1.807) is 30.5 Å². The highest BCUT2D eigenvalue weighted by molar-refractivity contribution is 6.23.